The van der Waals surface area contributed by atoms with Crippen molar-refractivity contribution in [1.29, 1.82) is 0 Å². The van der Waals surface area contributed by atoms with Gasteiger partial charge in [-0.05, 0) is 49.4 Å². The second-order valence-corrected chi connectivity index (χ2v) is 7.03. The van der Waals surface area contributed by atoms with Gasteiger partial charge in [0, 0.05) is 26.1 Å². The number of hydrogen-bond donors (Lipinski definition) is 2. The largest absolute Gasteiger partial charge is 0.392 e. The monoisotopic (exact) mass is 332 g/mol. The zero-order valence-electron chi connectivity index (χ0n) is 14.2. The first kappa shape index (κ1) is 17.4. The van der Waals surface area contributed by atoms with E-state index in [1.165, 1.54) is 5.56 Å². The molecular weight excluding hydrogens is 304 g/mol. The van der Waals surface area contributed by atoms with Gasteiger partial charge in [0.05, 0.1) is 12.7 Å². The predicted octanol–water partition coefficient (Wildman–Crippen LogP) is 1.34. The van der Waals surface area contributed by atoms with E-state index < -0.39 is 6.10 Å². The summed E-state index contributed by atoms with van der Waals surface area (Å²) in [5.74, 6) is 0.662. The van der Waals surface area contributed by atoms with Crippen LogP contribution in [0.5, 0.6) is 0 Å². The van der Waals surface area contributed by atoms with Crippen molar-refractivity contribution in [2.45, 2.75) is 44.3 Å². The van der Waals surface area contributed by atoms with Crippen molar-refractivity contribution in [3.63, 3.8) is 0 Å². The molecule has 1 amide bonds. The molecule has 2 fully saturated rings. The Morgan fingerprint density at radius 2 is 1.88 bits per heavy atom. The molecule has 24 heavy (non-hydrogen) atoms. The Morgan fingerprint density at radius 3 is 2.54 bits per heavy atom. The number of benzene rings is 1. The van der Waals surface area contributed by atoms with Crippen molar-refractivity contribution < 1.29 is 15.0 Å². The standard InChI is InChI=1S/C19H28N2O3/c22-14-16-4-1-2-5-18(16)15-7-10-20(11-8-15)12-17(23)13-21-9-3-6-19(21)24/h1-2,4-5,15,17,22-23H,3,6-14H2. The van der Waals surface area contributed by atoms with Gasteiger partial charge >= 0.3 is 0 Å². The van der Waals surface area contributed by atoms with Crippen molar-refractivity contribution in [1.82, 2.24) is 9.80 Å². The number of carbonyl (C=O) groups excluding carboxylic acids is 1. The second-order valence-electron chi connectivity index (χ2n) is 7.03. The van der Waals surface area contributed by atoms with Crippen LogP contribution in [0.15, 0.2) is 24.3 Å². The highest BCUT2D eigenvalue weighted by molar-refractivity contribution is 5.78. The summed E-state index contributed by atoms with van der Waals surface area (Å²) in [5.41, 5.74) is 2.30. The van der Waals surface area contributed by atoms with E-state index in [1.54, 1.807) is 4.90 Å². The van der Waals surface area contributed by atoms with Gasteiger partial charge in [-0.15, -0.1) is 0 Å². The molecule has 3 rings (SSSR count). The summed E-state index contributed by atoms with van der Waals surface area (Å²) < 4.78 is 0. The number of aliphatic hydroxyl groups excluding tert-OH is 2. The summed E-state index contributed by atoms with van der Waals surface area (Å²) in [6.45, 7) is 3.89. The van der Waals surface area contributed by atoms with E-state index in [4.69, 9.17) is 0 Å². The van der Waals surface area contributed by atoms with E-state index in [9.17, 15) is 15.0 Å². The van der Waals surface area contributed by atoms with Crippen LogP contribution in [-0.4, -0.2) is 64.7 Å². The van der Waals surface area contributed by atoms with E-state index >= 15 is 0 Å². The quantitative estimate of drug-likeness (QED) is 0.825. The van der Waals surface area contributed by atoms with Crippen LogP contribution < -0.4 is 0 Å². The molecule has 5 nitrogen and oxygen atoms in total. The molecular formula is C19H28N2O3. The van der Waals surface area contributed by atoms with Gasteiger partial charge in [0.25, 0.3) is 0 Å². The third-order valence-electron chi connectivity index (χ3n) is 5.32. The lowest BCUT2D eigenvalue weighted by atomic mass is 9.86. The molecule has 1 aromatic rings. The van der Waals surface area contributed by atoms with Crippen molar-refractivity contribution in [3.05, 3.63) is 35.4 Å². The lowest BCUT2D eigenvalue weighted by Crippen LogP contribution is -2.43. The maximum Gasteiger partial charge on any atom is 0.222 e. The van der Waals surface area contributed by atoms with Crippen molar-refractivity contribution >= 4 is 5.91 Å². The van der Waals surface area contributed by atoms with Gasteiger partial charge in [-0.2, -0.15) is 0 Å². The first-order valence-corrected chi connectivity index (χ1v) is 9.04. The Hall–Kier alpha value is -1.43. The summed E-state index contributed by atoms with van der Waals surface area (Å²) in [6.07, 6.45) is 3.18. The fraction of sp³-hybridized carbons (Fsp3) is 0.632. The average molecular weight is 332 g/mol. The first-order chi connectivity index (χ1) is 11.7. The maximum atomic E-state index is 11.6. The molecule has 0 spiro atoms. The van der Waals surface area contributed by atoms with Crippen LogP contribution in [0.25, 0.3) is 0 Å². The molecule has 1 unspecified atom stereocenters. The van der Waals surface area contributed by atoms with Crippen LogP contribution in [0, 0.1) is 0 Å². The average Bonchev–Trinajstić information content (AvgIpc) is 3.00. The minimum Gasteiger partial charge on any atom is -0.392 e. The van der Waals surface area contributed by atoms with E-state index in [0.717, 1.165) is 44.5 Å². The van der Waals surface area contributed by atoms with Crippen LogP contribution >= 0.6 is 0 Å². The Morgan fingerprint density at radius 1 is 1.12 bits per heavy atom. The smallest absolute Gasteiger partial charge is 0.222 e. The first-order valence-electron chi connectivity index (χ1n) is 9.04. The lowest BCUT2D eigenvalue weighted by molar-refractivity contribution is -0.129. The van der Waals surface area contributed by atoms with E-state index in [1.807, 2.05) is 18.2 Å². The molecule has 2 saturated heterocycles. The molecule has 0 radical (unpaired) electrons. The number of amides is 1. The van der Waals surface area contributed by atoms with Crippen LogP contribution in [0.2, 0.25) is 0 Å². The number of rotatable bonds is 6. The minimum atomic E-state index is -0.465. The van der Waals surface area contributed by atoms with Gasteiger partial charge in [-0.3, -0.25) is 4.79 Å². The molecule has 0 aromatic heterocycles. The van der Waals surface area contributed by atoms with Gasteiger partial charge in [0.15, 0.2) is 0 Å². The molecule has 2 heterocycles. The Labute approximate surface area is 143 Å². The number of carbonyl (C=O) groups is 1. The summed E-state index contributed by atoms with van der Waals surface area (Å²) in [6, 6.07) is 8.14. The number of piperidine rings is 1. The van der Waals surface area contributed by atoms with Crippen molar-refractivity contribution in [3.8, 4) is 0 Å². The number of β-amino-alcohol motifs (C(OH)–C–C–N with tert-alkyl or cyclic N) is 1. The van der Waals surface area contributed by atoms with Gasteiger partial charge in [0.1, 0.15) is 0 Å². The normalized spacial score (nSPS) is 21.4. The van der Waals surface area contributed by atoms with E-state index in [0.29, 0.717) is 25.4 Å². The maximum absolute atomic E-state index is 11.6. The predicted molar refractivity (Wildman–Crippen MR) is 92.6 cm³/mol. The van der Waals surface area contributed by atoms with Crippen LogP contribution in [0.3, 0.4) is 0 Å². The van der Waals surface area contributed by atoms with Crippen LogP contribution in [0.1, 0.15) is 42.7 Å². The van der Waals surface area contributed by atoms with Crippen molar-refractivity contribution in [2.24, 2.45) is 0 Å². The topological polar surface area (TPSA) is 64.0 Å². The van der Waals surface area contributed by atoms with Gasteiger partial charge in [-0.25, -0.2) is 0 Å². The second kappa shape index (κ2) is 8.10. The highest BCUT2D eigenvalue weighted by atomic mass is 16.3. The van der Waals surface area contributed by atoms with Crippen LogP contribution in [0.4, 0.5) is 0 Å². The Kier molecular flexibility index (Phi) is 5.87. The number of likely N-dealkylation sites (tertiary alicyclic amines) is 2. The van der Waals surface area contributed by atoms with Crippen molar-refractivity contribution in [2.75, 3.05) is 32.7 Å². The number of nitrogens with zero attached hydrogens (tertiary/aromatic N) is 2. The van der Waals surface area contributed by atoms with Gasteiger partial charge in [-0.1, -0.05) is 24.3 Å². The third kappa shape index (κ3) is 4.15. The SMILES string of the molecule is O=C1CCCN1CC(O)CN1CCC(c2ccccc2CO)CC1. The fourth-order valence-corrected chi connectivity index (χ4v) is 4.01. The molecule has 132 valence electrons. The summed E-state index contributed by atoms with van der Waals surface area (Å²) in [7, 11) is 0. The van der Waals surface area contributed by atoms with Gasteiger partial charge in [0.2, 0.25) is 5.91 Å². The fourth-order valence-electron chi connectivity index (χ4n) is 4.01. The lowest BCUT2D eigenvalue weighted by Gasteiger charge is -2.34. The molecule has 2 N–H and O–H groups in total. The highest BCUT2D eigenvalue weighted by Gasteiger charge is 2.26. The summed E-state index contributed by atoms with van der Waals surface area (Å²) in [5, 5.41) is 19.8. The summed E-state index contributed by atoms with van der Waals surface area (Å²) >= 11 is 0. The molecule has 2 aliphatic heterocycles. The third-order valence-corrected chi connectivity index (χ3v) is 5.32. The molecule has 5 heteroatoms. The zero-order valence-corrected chi connectivity index (χ0v) is 14.2. The van der Waals surface area contributed by atoms with E-state index in [2.05, 4.69) is 11.0 Å². The van der Waals surface area contributed by atoms with Gasteiger partial charge < -0.3 is 20.0 Å². The zero-order chi connectivity index (χ0) is 16.9. The number of hydrogen-bond acceptors (Lipinski definition) is 4. The molecule has 0 saturated carbocycles. The molecule has 2 aliphatic rings. The summed E-state index contributed by atoms with van der Waals surface area (Å²) in [4.78, 5) is 15.7. The number of aliphatic hydroxyl groups is 2. The van der Waals surface area contributed by atoms with Crippen LogP contribution in [-0.2, 0) is 11.4 Å². The Balaban J connectivity index is 1.47. The molecule has 1 atom stereocenters. The molecule has 0 bridgehead atoms. The molecule has 0 aliphatic carbocycles. The van der Waals surface area contributed by atoms with E-state index in [-0.39, 0.29) is 12.5 Å². The Bertz CT molecular complexity index is 555. The minimum absolute atomic E-state index is 0.0962. The highest BCUT2D eigenvalue weighted by Crippen LogP contribution is 2.30. The molecule has 1 aromatic carbocycles.